The molecule has 0 bridgehead atoms. The summed E-state index contributed by atoms with van der Waals surface area (Å²) in [4.78, 5) is 3.80. The Balaban J connectivity index is 1.94. The van der Waals surface area contributed by atoms with Crippen LogP contribution in [-0.4, -0.2) is 34.1 Å². The fourth-order valence-corrected chi connectivity index (χ4v) is 2.78. The highest BCUT2D eigenvalue weighted by Crippen LogP contribution is 2.35. The molecule has 1 unspecified atom stereocenters. The molecule has 1 heterocycles. The largest absolute Gasteiger partial charge is 0.409 e. The van der Waals surface area contributed by atoms with Crippen LogP contribution in [0.4, 0.5) is 8.78 Å². The SMILES string of the molecule is CC1N(C)C2=CC(F)=C=C=C2N1Cc1ccc(/C(N)=N/O)cc1F. The highest BCUT2D eigenvalue weighted by Gasteiger charge is 2.34. The van der Waals surface area contributed by atoms with Crippen LogP contribution in [0.3, 0.4) is 0 Å². The molecule has 0 amide bonds. The second kappa shape index (κ2) is 5.89. The number of fused-ring (bicyclic) bond motifs is 1. The molecule has 1 aromatic rings. The van der Waals surface area contributed by atoms with E-state index < -0.39 is 11.6 Å². The number of oxime groups is 1. The van der Waals surface area contributed by atoms with Gasteiger partial charge in [0.25, 0.3) is 0 Å². The van der Waals surface area contributed by atoms with Crippen LogP contribution < -0.4 is 5.73 Å². The average Bonchev–Trinajstić information content (AvgIpc) is 2.80. The van der Waals surface area contributed by atoms with E-state index in [2.05, 4.69) is 16.6 Å². The normalized spacial score (nSPS) is 19.9. The number of hydrogen-bond acceptors (Lipinski definition) is 4. The maximum atomic E-state index is 14.4. The van der Waals surface area contributed by atoms with Gasteiger partial charge in [-0.2, -0.15) is 4.39 Å². The molecule has 5 nitrogen and oxygen atoms in total. The topological polar surface area (TPSA) is 65.1 Å². The molecule has 0 aromatic heterocycles. The van der Waals surface area contributed by atoms with Crippen LogP contribution in [0.25, 0.3) is 0 Å². The summed E-state index contributed by atoms with van der Waals surface area (Å²) >= 11 is 0. The summed E-state index contributed by atoms with van der Waals surface area (Å²) in [5.41, 5.74) is 12.8. The second-order valence-corrected chi connectivity index (χ2v) is 5.64. The summed E-state index contributed by atoms with van der Waals surface area (Å²) in [6.07, 6.45) is 1.30. The quantitative estimate of drug-likeness (QED) is 0.294. The predicted molar refractivity (Wildman–Crippen MR) is 84.9 cm³/mol. The lowest BCUT2D eigenvalue weighted by Crippen LogP contribution is -2.33. The monoisotopic (exact) mass is 330 g/mol. The van der Waals surface area contributed by atoms with Crippen molar-refractivity contribution in [3.63, 3.8) is 0 Å². The highest BCUT2D eigenvalue weighted by atomic mass is 19.1. The Morgan fingerprint density at radius 2 is 2.12 bits per heavy atom. The minimum Gasteiger partial charge on any atom is -0.409 e. The molecular weight excluding hydrogens is 314 g/mol. The number of benzene rings is 1. The zero-order valence-electron chi connectivity index (χ0n) is 13.2. The first kappa shape index (κ1) is 15.9. The molecule has 24 heavy (non-hydrogen) atoms. The van der Waals surface area contributed by atoms with Gasteiger partial charge in [-0.05, 0) is 24.5 Å². The molecule has 1 atom stereocenters. The van der Waals surface area contributed by atoms with Crippen molar-refractivity contribution < 1.29 is 14.0 Å². The van der Waals surface area contributed by atoms with Gasteiger partial charge >= 0.3 is 0 Å². The van der Waals surface area contributed by atoms with E-state index >= 15 is 0 Å². The van der Waals surface area contributed by atoms with Crippen molar-refractivity contribution in [2.75, 3.05) is 7.05 Å². The van der Waals surface area contributed by atoms with E-state index in [4.69, 9.17) is 10.9 Å². The molecule has 7 heteroatoms. The van der Waals surface area contributed by atoms with Gasteiger partial charge in [0.1, 0.15) is 11.5 Å². The van der Waals surface area contributed by atoms with Crippen LogP contribution >= 0.6 is 0 Å². The van der Waals surface area contributed by atoms with Gasteiger partial charge in [-0.3, -0.25) is 0 Å². The Morgan fingerprint density at radius 3 is 2.79 bits per heavy atom. The highest BCUT2D eigenvalue weighted by molar-refractivity contribution is 5.97. The number of hydrogen-bond donors (Lipinski definition) is 2. The fraction of sp³-hybridized carbons (Fsp3) is 0.235. The van der Waals surface area contributed by atoms with Gasteiger partial charge in [0.15, 0.2) is 11.7 Å². The van der Waals surface area contributed by atoms with Gasteiger partial charge in [-0.1, -0.05) is 17.3 Å². The average molecular weight is 330 g/mol. The number of halogens is 2. The summed E-state index contributed by atoms with van der Waals surface area (Å²) in [5, 5.41) is 11.5. The molecule has 1 aromatic carbocycles. The molecule has 0 saturated carbocycles. The Labute approximate surface area is 138 Å². The molecule has 3 N–H and O–H groups in total. The van der Waals surface area contributed by atoms with Gasteiger partial charge in [-0.25, -0.2) is 4.39 Å². The van der Waals surface area contributed by atoms with E-state index in [1.54, 1.807) is 12.1 Å². The van der Waals surface area contributed by atoms with Gasteiger partial charge in [-0.15, -0.1) is 0 Å². The minimum absolute atomic E-state index is 0.0883. The molecule has 124 valence electrons. The number of likely N-dealkylation sites (N-methyl/N-ethyl adjacent to an activating group) is 1. The predicted octanol–water partition coefficient (Wildman–Crippen LogP) is 2.40. The van der Waals surface area contributed by atoms with Gasteiger partial charge in [0, 0.05) is 30.8 Å². The van der Waals surface area contributed by atoms with Gasteiger partial charge in [0.2, 0.25) is 0 Å². The summed E-state index contributed by atoms with van der Waals surface area (Å²) in [6.45, 7) is 2.21. The number of rotatable bonds is 3. The smallest absolute Gasteiger partial charge is 0.175 e. The number of nitrogens with two attached hydrogens (primary N) is 1. The van der Waals surface area contributed by atoms with Crippen LogP contribution in [0.5, 0.6) is 0 Å². The first-order valence-electron chi connectivity index (χ1n) is 7.31. The van der Waals surface area contributed by atoms with Crippen LogP contribution in [0.1, 0.15) is 18.1 Å². The van der Waals surface area contributed by atoms with E-state index in [0.717, 1.165) is 0 Å². The van der Waals surface area contributed by atoms with Crippen LogP contribution in [-0.2, 0) is 6.54 Å². The van der Waals surface area contributed by atoms with Crippen LogP contribution in [0.2, 0.25) is 0 Å². The molecule has 1 fully saturated rings. The zero-order valence-corrected chi connectivity index (χ0v) is 13.2. The molecule has 0 radical (unpaired) electrons. The Morgan fingerprint density at radius 1 is 1.38 bits per heavy atom. The lowest BCUT2D eigenvalue weighted by molar-refractivity contribution is 0.191. The number of amidine groups is 1. The van der Waals surface area contributed by atoms with E-state index in [-0.39, 0.29) is 18.5 Å². The first-order valence-corrected chi connectivity index (χ1v) is 7.31. The third kappa shape index (κ3) is 2.56. The van der Waals surface area contributed by atoms with Crippen molar-refractivity contribution in [2.45, 2.75) is 19.6 Å². The van der Waals surface area contributed by atoms with E-state index in [1.807, 2.05) is 23.8 Å². The van der Waals surface area contributed by atoms with Crippen molar-refractivity contribution in [3.8, 4) is 0 Å². The van der Waals surface area contributed by atoms with Crippen molar-refractivity contribution in [3.05, 3.63) is 69.9 Å². The molecule has 0 spiro atoms. The third-order valence-corrected chi connectivity index (χ3v) is 4.28. The van der Waals surface area contributed by atoms with E-state index in [9.17, 15) is 8.78 Å². The molecule has 1 aliphatic heterocycles. The minimum atomic E-state index is -0.482. The Kier molecular flexibility index (Phi) is 3.89. The summed E-state index contributed by atoms with van der Waals surface area (Å²) in [7, 11) is 1.84. The summed E-state index contributed by atoms with van der Waals surface area (Å²) in [5.74, 6) is -1.10. The number of allylic oxidation sites excluding steroid dienone is 2. The zero-order chi connectivity index (χ0) is 17.4. The van der Waals surface area contributed by atoms with Crippen molar-refractivity contribution in [1.29, 1.82) is 0 Å². The molecule has 3 rings (SSSR count). The van der Waals surface area contributed by atoms with Crippen molar-refractivity contribution in [2.24, 2.45) is 10.9 Å². The third-order valence-electron chi connectivity index (χ3n) is 4.28. The Bertz CT molecular complexity index is 861. The van der Waals surface area contributed by atoms with Crippen LogP contribution in [0, 0.1) is 5.82 Å². The Hall–Kier alpha value is -3.01. The summed E-state index contributed by atoms with van der Waals surface area (Å²) < 4.78 is 27.8. The van der Waals surface area contributed by atoms with E-state index in [1.165, 1.54) is 12.1 Å². The fourth-order valence-electron chi connectivity index (χ4n) is 2.78. The maximum Gasteiger partial charge on any atom is 0.175 e. The summed E-state index contributed by atoms with van der Waals surface area (Å²) in [6, 6.07) is 4.39. The molecule has 2 aliphatic rings. The second-order valence-electron chi connectivity index (χ2n) is 5.64. The van der Waals surface area contributed by atoms with Crippen molar-refractivity contribution >= 4 is 5.84 Å². The lowest BCUT2D eigenvalue weighted by atomic mass is 10.1. The number of nitrogens with zero attached hydrogens (tertiary/aromatic N) is 3. The maximum absolute atomic E-state index is 14.4. The van der Waals surface area contributed by atoms with Crippen molar-refractivity contribution in [1.82, 2.24) is 9.80 Å². The van der Waals surface area contributed by atoms with Gasteiger partial charge in [0.05, 0.1) is 11.9 Å². The molecule has 1 saturated heterocycles. The van der Waals surface area contributed by atoms with E-state index in [0.29, 0.717) is 22.5 Å². The lowest BCUT2D eigenvalue weighted by Gasteiger charge is -2.26. The molecular formula is C17H16F2N4O. The first-order chi connectivity index (χ1) is 11.4. The van der Waals surface area contributed by atoms with Gasteiger partial charge < -0.3 is 20.7 Å². The van der Waals surface area contributed by atoms with Crippen LogP contribution in [0.15, 0.2) is 58.1 Å². The molecule has 1 aliphatic carbocycles. The standard InChI is InChI=1S/C17H16F2N4O/c1-10-22(2)16-8-13(18)5-6-15(16)23(10)9-12-4-3-11(7-14(12)19)17(20)21-24/h3-4,7-8,10,24H,9H2,1-2H3,(H2,20,21).